The maximum atomic E-state index is 13.3. The Morgan fingerprint density at radius 1 is 1.29 bits per heavy atom. The number of pyridine rings is 1. The van der Waals surface area contributed by atoms with Crippen LogP contribution in [0.4, 0.5) is 0 Å². The van der Waals surface area contributed by atoms with Gasteiger partial charge in [0.2, 0.25) is 10.0 Å². The van der Waals surface area contributed by atoms with Crippen molar-refractivity contribution in [3.05, 3.63) is 59.9 Å². The molecule has 0 bridgehead atoms. The van der Waals surface area contributed by atoms with Crippen molar-refractivity contribution in [3.8, 4) is 6.07 Å². The summed E-state index contributed by atoms with van der Waals surface area (Å²) in [6.07, 6.45) is 3.29. The van der Waals surface area contributed by atoms with Gasteiger partial charge in [0.1, 0.15) is 6.04 Å². The van der Waals surface area contributed by atoms with Crippen LogP contribution in [0.25, 0.3) is 0 Å². The van der Waals surface area contributed by atoms with E-state index in [9.17, 15) is 13.2 Å². The highest BCUT2D eigenvalue weighted by atomic mass is 32.2. The number of benzene rings is 1. The Hall–Kier alpha value is -2.80. The van der Waals surface area contributed by atoms with Gasteiger partial charge in [0.15, 0.2) is 0 Å². The smallest absolute Gasteiger partial charge is 0.261 e. The van der Waals surface area contributed by atoms with Gasteiger partial charge < -0.3 is 0 Å². The van der Waals surface area contributed by atoms with Crippen molar-refractivity contribution < 1.29 is 18.4 Å². The molecule has 0 aliphatic carbocycles. The SMILES string of the molecule is CC(C)C[C@H](C(=O)NO)N(Cc1cccnc1)S(=O)(=O)c1ccc(C#N)cc1. The number of sulfonamides is 1. The summed E-state index contributed by atoms with van der Waals surface area (Å²) in [7, 11) is -4.10. The van der Waals surface area contributed by atoms with Gasteiger partial charge in [-0.05, 0) is 48.2 Å². The Labute approximate surface area is 164 Å². The molecule has 0 aliphatic rings. The topological polar surface area (TPSA) is 123 Å². The van der Waals surface area contributed by atoms with Gasteiger partial charge in [0, 0.05) is 18.9 Å². The molecule has 0 fully saturated rings. The van der Waals surface area contributed by atoms with Crippen molar-refractivity contribution in [1.82, 2.24) is 14.8 Å². The Bertz CT molecular complexity index is 938. The molecule has 0 unspecified atom stereocenters. The van der Waals surface area contributed by atoms with Crippen molar-refractivity contribution in [1.29, 1.82) is 5.26 Å². The number of amides is 1. The minimum Gasteiger partial charge on any atom is -0.289 e. The van der Waals surface area contributed by atoms with Crippen LogP contribution in [0.2, 0.25) is 0 Å². The standard InChI is InChI=1S/C19H22N4O4S/c1-14(2)10-18(19(24)22-25)23(13-16-4-3-9-21-12-16)28(26,27)17-7-5-15(11-20)6-8-17/h3-9,12,14,18,25H,10,13H2,1-2H3,(H,22,24)/t18-/m1/s1. The lowest BCUT2D eigenvalue weighted by molar-refractivity contribution is -0.133. The molecule has 28 heavy (non-hydrogen) atoms. The number of nitrogens with one attached hydrogen (secondary N) is 1. The number of carbonyl (C=O) groups is 1. The van der Waals surface area contributed by atoms with E-state index in [2.05, 4.69) is 4.98 Å². The molecule has 0 radical (unpaired) electrons. The highest BCUT2D eigenvalue weighted by molar-refractivity contribution is 7.89. The van der Waals surface area contributed by atoms with Crippen LogP contribution >= 0.6 is 0 Å². The number of nitrogens with zero attached hydrogens (tertiary/aromatic N) is 3. The Morgan fingerprint density at radius 2 is 1.96 bits per heavy atom. The van der Waals surface area contributed by atoms with E-state index in [4.69, 9.17) is 10.5 Å². The van der Waals surface area contributed by atoms with Gasteiger partial charge in [-0.3, -0.25) is 15.0 Å². The summed E-state index contributed by atoms with van der Waals surface area (Å²) < 4.78 is 27.7. The molecule has 1 aromatic heterocycles. The van der Waals surface area contributed by atoms with Crippen LogP contribution in [0.5, 0.6) is 0 Å². The first kappa shape index (κ1) is 21.5. The lowest BCUT2D eigenvalue weighted by Crippen LogP contribution is -2.49. The van der Waals surface area contributed by atoms with Crippen molar-refractivity contribution in [3.63, 3.8) is 0 Å². The number of aromatic nitrogens is 1. The normalized spacial score (nSPS) is 12.6. The lowest BCUT2D eigenvalue weighted by atomic mass is 10.0. The van der Waals surface area contributed by atoms with Gasteiger partial charge in [-0.2, -0.15) is 9.57 Å². The number of rotatable bonds is 8. The third-order valence-electron chi connectivity index (χ3n) is 4.11. The quantitative estimate of drug-likeness (QED) is 0.515. The molecule has 0 aliphatic heterocycles. The van der Waals surface area contributed by atoms with E-state index < -0.39 is 22.0 Å². The molecule has 2 rings (SSSR count). The fourth-order valence-electron chi connectivity index (χ4n) is 2.75. The second kappa shape index (κ2) is 9.41. The zero-order valence-electron chi connectivity index (χ0n) is 15.6. The second-order valence-corrected chi connectivity index (χ2v) is 8.56. The number of hydroxylamine groups is 1. The Morgan fingerprint density at radius 3 is 2.46 bits per heavy atom. The number of carbonyl (C=O) groups excluding carboxylic acids is 1. The van der Waals surface area contributed by atoms with E-state index in [0.29, 0.717) is 11.1 Å². The third kappa shape index (κ3) is 5.13. The van der Waals surface area contributed by atoms with Crippen molar-refractivity contribution in [2.24, 2.45) is 5.92 Å². The van der Waals surface area contributed by atoms with Crippen LogP contribution in [0.3, 0.4) is 0 Å². The van der Waals surface area contributed by atoms with E-state index in [-0.39, 0.29) is 23.8 Å². The minimum atomic E-state index is -4.10. The number of hydrogen-bond donors (Lipinski definition) is 2. The molecule has 0 saturated carbocycles. The Kier molecular flexibility index (Phi) is 7.23. The molecule has 148 valence electrons. The van der Waals surface area contributed by atoms with E-state index in [0.717, 1.165) is 4.31 Å². The Balaban J connectivity index is 2.54. The molecule has 1 amide bonds. The monoisotopic (exact) mass is 402 g/mol. The number of hydrogen-bond acceptors (Lipinski definition) is 6. The molecule has 0 spiro atoms. The van der Waals surface area contributed by atoms with Gasteiger partial charge in [0.25, 0.3) is 5.91 Å². The maximum Gasteiger partial charge on any atom is 0.261 e. The zero-order chi connectivity index (χ0) is 20.7. The first-order valence-electron chi connectivity index (χ1n) is 8.64. The van der Waals surface area contributed by atoms with Gasteiger partial charge in [-0.15, -0.1) is 0 Å². The van der Waals surface area contributed by atoms with Gasteiger partial charge in [-0.1, -0.05) is 19.9 Å². The predicted molar refractivity (Wildman–Crippen MR) is 101 cm³/mol. The van der Waals surface area contributed by atoms with Crippen LogP contribution in [-0.2, 0) is 21.4 Å². The van der Waals surface area contributed by atoms with Crippen molar-refractivity contribution in [2.75, 3.05) is 0 Å². The van der Waals surface area contributed by atoms with Crippen LogP contribution in [0.15, 0.2) is 53.7 Å². The van der Waals surface area contributed by atoms with E-state index in [1.807, 2.05) is 19.9 Å². The second-order valence-electron chi connectivity index (χ2n) is 6.67. The predicted octanol–water partition coefficient (Wildman–Crippen LogP) is 2.06. The highest BCUT2D eigenvalue weighted by Gasteiger charge is 2.36. The molecule has 1 heterocycles. The molecule has 0 saturated heterocycles. The van der Waals surface area contributed by atoms with Crippen molar-refractivity contribution >= 4 is 15.9 Å². The number of nitriles is 1. The van der Waals surface area contributed by atoms with Crippen LogP contribution in [0, 0.1) is 17.2 Å². The molecule has 2 N–H and O–H groups in total. The summed E-state index contributed by atoms with van der Waals surface area (Å²) in [6, 6.07) is 9.65. The van der Waals surface area contributed by atoms with Crippen LogP contribution in [-0.4, -0.2) is 34.9 Å². The van der Waals surface area contributed by atoms with Crippen LogP contribution in [0.1, 0.15) is 31.4 Å². The van der Waals surface area contributed by atoms with Crippen molar-refractivity contribution in [2.45, 2.75) is 37.8 Å². The summed E-state index contributed by atoms with van der Waals surface area (Å²) in [5, 5.41) is 18.1. The van der Waals surface area contributed by atoms with E-state index in [1.54, 1.807) is 23.8 Å². The first-order valence-corrected chi connectivity index (χ1v) is 10.1. The molecule has 1 aromatic carbocycles. The zero-order valence-corrected chi connectivity index (χ0v) is 16.4. The fraction of sp³-hybridized carbons (Fsp3) is 0.316. The summed E-state index contributed by atoms with van der Waals surface area (Å²) in [5.41, 5.74) is 2.49. The summed E-state index contributed by atoms with van der Waals surface area (Å²) in [4.78, 5) is 16.3. The molecule has 2 aromatic rings. The lowest BCUT2D eigenvalue weighted by Gasteiger charge is -2.30. The first-order chi connectivity index (χ1) is 13.3. The molecular formula is C19H22N4O4S. The molecule has 1 atom stereocenters. The molecule has 9 heteroatoms. The largest absolute Gasteiger partial charge is 0.289 e. The molecule has 8 nitrogen and oxygen atoms in total. The average Bonchev–Trinajstić information content (AvgIpc) is 2.70. The summed E-state index contributed by atoms with van der Waals surface area (Å²) >= 11 is 0. The van der Waals surface area contributed by atoms with E-state index >= 15 is 0 Å². The molecular weight excluding hydrogens is 380 g/mol. The maximum absolute atomic E-state index is 13.3. The van der Waals surface area contributed by atoms with Crippen LogP contribution < -0.4 is 5.48 Å². The fourth-order valence-corrected chi connectivity index (χ4v) is 4.33. The third-order valence-corrected chi connectivity index (χ3v) is 5.98. The summed E-state index contributed by atoms with van der Waals surface area (Å²) in [5.74, 6) is -0.815. The van der Waals surface area contributed by atoms with Gasteiger partial charge in [-0.25, -0.2) is 13.9 Å². The van der Waals surface area contributed by atoms with Gasteiger partial charge in [0.05, 0.1) is 16.5 Å². The summed E-state index contributed by atoms with van der Waals surface area (Å²) in [6.45, 7) is 3.61. The van der Waals surface area contributed by atoms with E-state index in [1.165, 1.54) is 30.5 Å². The minimum absolute atomic E-state index is 0.00476. The highest BCUT2D eigenvalue weighted by Crippen LogP contribution is 2.25. The van der Waals surface area contributed by atoms with Gasteiger partial charge >= 0.3 is 0 Å². The average molecular weight is 402 g/mol.